The second-order valence-electron chi connectivity index (χ2n) is 5.59. The molecule has 0 aliphatic rings. The van der Waals surface area contributed by atoms with Crippen LogP contribution in [0.25, 0.3) is 11.1 Å². The zero-order valence-corrected chi connectivity index (χ0v) is 14.3. The van der Waals surface area contributed by atoms with Crippen molar-refractivity contribution >= 4 is 23.2 Å². The molecule has 0 fully saturated rings. The summed E-state index contributed by atoms with van der Waals surface area (Å²) < 4.78 is 0. The van der Waals surface area contributed by atoms with Crippen molar-refractivity contribution in [2.75, 3.05) is 6.54 Å². The van der Waals surface area contributed by atoms with Crippen LogP contribution >= 0.6 is 23.2 Å². The van der Waals surface area contributed by atoms with E-state index in [-0.39, 0.29) is 0 Å². The van der Waals surface area contributed by atoms with Crippen molar-refractivity contribution in [1.29, 1.82) is 0 Å². The van der Waals surface area contributed by atoms with Gasteiger partial charge in [-0.3, -0.25) is 5.10 Å². The molecule has 0 spiro atoms. The van der Waals surface area contributed by atoms with E-state index in [0.717, 1.165) is 16.7 Å². The smallest absolute Gasteiger partial charge is 0.116 e. The van der Waals surface area contributed by atoms with Crippen LogP contribution in [0.3, 0.4) is 0 Å². The Bertz CT molecular complexity index is 819. The number of H-pyrrole nitrogens is 1. The number of nitrogens with two attached hydrogens (primary N) is 1. The van der Waals surface area contributed by atoms with Crippen LogP contribution in [-0.4, -0.2) is 21.8 Å². The minimum absolute atomic E-state index is 0.334. The lowest BCUT2D eigenvalue weighted by Gasteiger charge is -2.29. The first-order valence-corrected chi connectivity index (χ1v) is 8.28. The number of benzene rings is 2. The first-order valence-electron chi connectivity index (χ1n) is 7.52. The van der Waals surface area contributed by atoms with Crippen LogP contribution in [0, 0.1) is 0 Å². The number of halogens is 2. The highest BCUT2D eigenvalue weighted by atomic mass is 35.5. The summed E-state index contributed by atoms with van der Waals surface area (Å²) in [7, 11) is 0. The lowest BCUT2D eigenvalue weighted by molar-refractivity contribution is 0.0737. The highest BCUT2D eigenvalue weighted by molar-refractivity contribution is 6.42. The summed E-state index contributed by atoms with van der Waals surface area (Å²) in [4.78, 5) is 0. The van der Waals surface area contributed by atoms with Gasteiger partial charge in [-0.1, -0.05) is 53.5 Å². The number of hydrogen-bond acceptors (Lipinski definition) is 3. The fraction of sp³-hybridized carbons (Fsp3) is 0.167. The standard InChI is InChI=1S/C18H17Cl2N3O/c19-16-6-5-15(9-17(16)20)18(24,7-8-21)14-3-1-12(2-4-14)13-10-22-23-11-13/h1-6,9-11,24H,7-8,21H2,(H,22,23). The molecule has 0 radical (unpaired) electrons. The third kappa shape index (κ3) is 3.19. The predicted molar refractivity (Wildman–Crippen MR) is 97.2 cm³/mol. The molecule has 2 aromatic carbocycles. The van der Waals surface area contributed by atoms with Crippen LogP contribution in [0.2, 0.25) is 10.0 Å². The molecule has 0 aliphatic carbocycles. The monoisotopic (exact) mass is 361 g/mol. The summed E-state index contributed by atoms with van der Waals surface area (Å²) in [6.07, 6.45) is 3.94. The molecule has 3 aromatic rings. The van der Waals surface area contributed by atoms with Gasteiger partial charge >= 0.3 is 0 Å². The number of aromatic nitrogens is 2. The summed E-state index contributed by atoms with van der Waals surface area (Å²) >= 11 is 12.1. The zero-order valence-electron chi connectivity index (χ0n) is 12.8. The van der Waals surface area contributed by atoms with Crippen LogP contribution in [0.15, 0.2) is 54.9 Å². The topological polar surface area (TPSA) is 74.9 Å². The average molecular weight is 362 g/mol. The molecule has 0 aliphatic heterocycles. The number of nitrogens with one attached hydrogen (secondary N) is 1. The van der Waals surface area contributed by atoms with Gasteiger partial charge in [-0.25, -0.2) is 0 Å². The summed E-state index contributed by atoms with van der Waals surface area (Å²) in [6, 6.07) is 12.8. The molecule has 24 heavy (non-hydrogen) atoms. The largest absolute Gasteiger partial charge is 0.380 e. The normalized spacial score (nSPS) is 13.7. The van der Waals surface area contributed by atoms with Crippen LogP contribution in [-0.2, 0) is 5.60 Å². The third-order valence-electron chi connectivity index (χ3n) is 4.10. The molecular formula is C18H17Cl2N3O. The molecule has 1 atom stereocenters. The first-order chi connectivity index (χ1) is 11.5. The molecule has 0 saturated heterocycles. The molecule has 0 amide bonds. The van der Waals surface area contributed by atoms with Crippen molar-refractivity contribution in [3.05, 3.63) is 76.0 Å². The van der Waals surface area contributed by atoms with Gasteiger partial charge in [0.25, 0.3) is 0 Å². The molecular weight excluding hydrogens is 345 g/mol. The predicted octanol–water partition coefficient (Wildman–Crippen LogP) is 3.97. The SMILES string of the molecule is NCCC(O)(c1ccc(-c2cn[nH]c2)cc1)c1ccc(Cl)c(Cl)c1. The Morgan fingerprint density at radius 1 is 1.00 bits per heavy atom. The maximum absolute atomic E-state index is 11.3. The second kappa shape index (κ2) is 6.95. The molecule has 0 bridgehead atoms. The molecule has 1 aromatic heterocycles. The van der Waals surface area contributed by atoms with E-state index in [1.165, 1.54) is 0 Å². The van der Waals surface area contributed by atoms with Crippen LogP contribution in [0.1, 0.15) is 17.5 Å². The van der Waals surface area contributed by atoms with Gasteiger partial charge in [0.2, 0.25) is 0 Å². The summed E-state index contributed by atoms with van der Waals surface area (Å²) in [5.41, 5.74) is 7.92. The van der Waals surface area contributed by atoms with E-state index < -0.39 is 5.60 Å². The number of aliphatic hydroxyl groups is 1. The van der Waals surface area contributed by atoms with Gasteiger partial charge in [-0.15, -0.1) is 0 Å². The molecule has 3 rings (SSSR count). The Labute approximate surface area is 150 Å². The summed E-state index contributed by atoms with van der Waals surface area (Å²) in [6.45, 7) is 0.334. The maximum atomic E-state index is 11.3. The first kappa shape index (κ1) is 17.0. The average Bonchev–Trinajstić information content (AvgIpc) is 3.12. The number of nitrogens with zero attached hydrogens (tertiary/aromatic N) is 1. The Balaban J connectivity index is 2.02. The van der Waals surface area contributed by atoms with Crippen molar-refractivity contribution in [1.82, 2.24) is 10.2 Å². The van der Waals surface area contributed by atoms with Gasteiger partial charge in [-0.2, -0.15) is 5.10 Å². The van der Waals surface area contributed by atoms with Crippen molar-refractivity contribution in [3.8, 4) is 11.1 Å². The van der Waals surface area contributed by atoms with Gasteiger partial charge in [0.1, 0.15) is 5.60 Å². The van der Waals surface area contributed by atoms with Gasteiger partial charge in [0.05, 0.1) is 16.2 Å². The van der Waals surface area contributed by atoms with Crippen LogP contribution < -0.4 is 5.73 Å². The van der Waals surface area contributed by atoms with Crippen molar-refractivity contribution in [2.45, 2.75) is 12.0 Å². The van der Waals surface area contributed by atoms with Gasteiger partial charge in [0.15, 0.2) is 0 Å². The Hall–Kier alpha value is -1.85. The molecule has 4 N–H and O–H groups in total. The number of hydrogen-bond donors (Lipinski definition) is 3. The number of rotatable bonds is 5. The van der Waals surface area contributed by atoms with Crippen molar-refractivity contribution in [3.63, 3.8) is 0 Å². The Kier molecular flexibility index (Phi) is 4.92. The minimum atomic E-state index is -1.22. The maximum Gasteiger partial charge on any atom is 0.116 e. The van der Waals surface area contributed by atoms with Gasteiger partial charge < -0.3 is 10.8 Å². The van der Waals surface area contributed by atoms with Crippen molar-refractivity contribution in [2.24, 2.45) is 5.73 Å². The highest BCUT2D eigenvalue weighted by Gasteiger charge is 2.31. The molecule has 6 heteroatoms. The fourth-order valence-electron chi connectivity index (χ4n) is 2.76. The second-order valence-corrected chi connectivity index (χ2v) is 6.41. The van der Waals surface area contributed by atoms with E-state index in [9.17, 15) is 5.11 Å². The van der Waals surface area contributed by atoms with E-state index in [0.29, 0.717) is 28.6 Å². The van der Waals surface area contributed by atoms with Gasteiger partial charge in [-0.05, 0) is 41.8 Å². The molecule has 1 unspecified atom stereocenters. The molecule has 4 nitrogen and oxygen atoms in total. The van der Waals surface area contributed by atoms with Gasteiger partial charge in [0, 0.05) is 11.8 Å². The van der Waals surface area contributed by atoms with Crippen LogP contribution in [0.5, 0.6) is 0 Å². The molecule has 0 saturated carbocycles. The number of aromatic amines is 1. The lowest BCUT2D eigenvalue weighted by atomic mass is 9.83. The summed E-state index contributed by atoms with van der Waals surface area (Å²) in [5, 5.41) is 18.9. The quantitative estimate of drug-likeness (QED) is 0.643. The van der Waals surface area contributed by atoms with Crippen molar-refractivity contribution < 1.29 is 5.11 Å². The van der Waals surface area contributed by atoms with E-state index in [4.69, 9.17) is 28.9 Å². The third-order valence-corrected chi connectivity index (χ3v) is 4.84. The van der Waals surface area contributed by atoms with Crippen LogP contribution in [0.4, 0.5) is 0 Å². The van der Waals surface area contributed by atoms with E-state index in [2.05, 4.69) is 10.2 Å². The Morgan fingerprint density at radius 2 is 1.71 bits per heavy atom. The fourth-order valence-corrected chi connectivity index (χ4v) is 3.06. The van der Waals surface area contributed by atoms with E-state index >= 15 is 0 Å². The lowest BCUT2D eigenvalue weighted by Crippen LogP contribution is -2.30. The summed E-state index contributed by atoms with van der Waals surface area (Å²) in [5.74, 6) is 0. The minimum Gasteiger partial charge on any atom is -0.380 e. The molecule has 1 heterocycles. The van der Waals surface area contributed by atoms with E-state index in [1.54, 1.807) is 24.4 Å². The highest BCUT2D eigenvalue weighted by Crippen LogP contribution is 2.36. The van der Waals surface area contributed by atoms with E-state index in [1.807, 2.05) is 30.5 Å². The molecule has 124 valence electrons. The zero-order chi connectivity index (χ0) is 17.2. The Morgan fingerprint density at radius 3 is 2.29 bits per heavy atom.